The summed E-state index contributed by atoms with van der Waals surface area (Å²) in [6, 6.07) is 18.6. The van der Waals surface area contributed by atoms with E-state index in [1.54, 1.807) is 24.3 Å². The van der Waals surface area contributed by atoms with Crippen molar-refractivity contribution in [3.05, 3.63) is 95.6 Å². The molecular weight excluding hydrogens is 324 g/mol. The van der Waals surface area contributed by atoms with E-state index in [-0.39, 0.29) is 11.6 Å². The number of hydrogen-bond donors (Lipinski definition) is 0. The first-order chi connectivity index (χ1) is 12.5. The van der Waals surface area contributed by atoms with Gasteiger partial charge in [0.25, 0.3) is 0 Å². The smallest absolute Gasteiger partial charge is 0.227 e. The van der Waals surface area contributed by atoms with Crippen LogP contribution in [0.15, 0.2) is 73.1 Å². The van der Waals surface area contributed by atoms with Gasteiger partial charge in [0.15, 0.2) is 23.8 Å². The second-order valence-corrected chi connectivity index (χ2v) is 6.36. The maximum Gasteiger partial charge on any atom is 0.227 e. The number of carbonyl (C=O) groups is 2. The lowest BCUT2D eigenvalue weighted by atomic mass is 10.1. The summed E-state index contributed by atoms with van der Waals surface area (Å²) in [4.78, 5) is 24.9. The van der Waals surface area contributed by atoms with Crippen molar-refractivity contribution >= 4 is 11.6 Å². The maximum atomic E-state index is 12.5. The van der Waals surface area contributed by atoms with E-state index in [1.165, 1.54) is 0 Å². The van der Waals surface area contributed by atoms with Gasteiger partial charge in [-0.15, -0.1) is 0 Å². The number of nitrogens with zero attached hydrogens (tertiary/aromatic N) is 2. The Morgan fingerprint density at radius 1 is 0.654 bits per heavy atom. The van der Waals surface area contributed by atoms with Gasteiger partial charge in [0.05, 0.1) is 0 Å². The molecule has 2 aromatic heterocycles. The van der Waals surface area contributed by atoms with Gasteiger partial charge in [-0.25, -0.2) is 0 Å². The number of ketones is 2. The van der Waals surface area contributed by atoms with E-state index in [0.717, 1.165) is 11.4 Å². The molecule has 1 aromatic carbocycles. The van der Waals surface area contributed by atoms with Gasteiger partial charge in [0.2, 0.25) is 24.7 Å². The average Bonchev–Trinajstić information content (AvgIpc) is 2.65. The van der Waals surface area contributed by atoms with Crippen LogP contribution in [0.3, 0.4) is 0 Å². The van der Waals surface area contributed by atoms with Gasteiger partial charge in [0, 0.05) is 49.2 Å². The van der Waals surface area contributed by atoms with Crippen LogP contribution < -0.4 is 9.13 Å². The second-order valence-electron chi connectivity index (χ2n) is 6.36. The molecule has 0 saturated heterocycles. The van der Waals surface area contributed by atoms with Crippen LogP contribution >= 0.6 is 0 Å². The molecule has 0 atom stereocenters. The molecule has 0 N–H and O–H groups in total. The molecule has 3 aromatic rings. The highest BCUT2D eigenvalue weighted by Crippen LogP contribution is 2.07. The first-order valence-electron chi connectivity index (χ1n) is 8.61. The standard InChI is InChI=1S/C22H22N2O2/c1-17-7-3-5-13-23(17)15-21(25)19-9-11-20(12-10-19)22(26)16-24-14-6-4-8-18(24)2/h3-14H,15-16H2,1-2H3/q+2. The zero-order valence-electron chi connectivity index (χ0n) is 15.1. The highest BCUT2D eigenvalue weighted by atomic mass is 16.1. The van der Waals surface area contributed by atoms with E-state index in [2.05, 4.69) is 0 Å². The molecule has 3 rings (SSSR count). The fourth-order valence-corrected chi connectivity index (χ4v) is 2.81. The van der Waals surface area contributed by atoms with Crippen LogP contribution in [-0.4, -0.2) is 11.6 Å². The highest BCUT2D eigenvalue weighted by Gasteiger charge is 2.17. The number of carbonyl (C=O) groups excluding carboxylic acids is 2. The van der Waals surface area contributed by atoms with Crippen LogP contribution in [-0.2, 0) is 13.1 Å². The first-order valence-corrected chi connectivity index (χ1v) is 8.61. The Morgan fingerprint density at radius 2 is 1.04 bits per heavy atom. The van der Waals surface area contributed by atoms with Crippen molar-refractivity contribution in [2.45, 2.75) is 26.9 Å². The highest BCUT2D eigenvalue weighted by molar-refractivity contribution is 5.98. The van der Waals surface area contributed by atoms with Crippen molar-refractivity contribution in [1.29, 1.82) is 0 Å². The van der Waals surface area contributed by atoms with Gasteiger partial charge in [0.1, 0.15) is 0 Å². The monoisotopic (exact) mass is 346 g/mol. The molecule has 2 heterocycles. The molecule has 26 heavy (non-hydrogen) atoms. The van der Waals surface area contributed by atoms with Crippen LogP contribution in [0.4, 0.5) is 0 Å². The molecule has 0 aliphatic carbocycles. The minimum Gasteiger partial charge on any atom is -0.287 e. The molecule has 0 bridgehead atoms. The van der Waals surface area contributed by atoms with Crippen LogP contribution in [0.25, 0.3) is 0 Å². The predicted octanol–water partition coefficient (Wildman–Crippen LogP) is 2.64. The van der Waals surface area contributed by atoms with Gasteiger partial charge in [-0.1, -0.05) is 36.4 Å². The molecule has 4 heteroatoms. The molecule has 4 nitrogen and oxygen atoms in total. The fraction of sp³-hybridized carbons (Fsp3) is 0.182. The quantitative estimate of drug-likeness (QED) is 0.509. The Labute approximate surface area is 153 Å². The molecule has 0 spiro atoms. The van der Waals surface area contributed by atoms with Gasteiger partial charge < -0.3 is 0 Å². The number of pyridine rings is 2. The van der Waals surface area contributed by atoms with Crippen LogP contribution in [0.5, 0.6) is 0 Å². The second kappa shape index (κ2) is 7.83. The Bertz CT molecular complexity index is 868. The minimum atomic E-state index is 0.0246. The van der Waals surface area contributed by atoms with Crippen molar-refractivity contribution in [2.24, 2.45) is 0 Å². The topological polar surface area (TPSA) is 41.9 Å². The van der Waals surface area contributed by atoms with Crippen molar-refractivity contribution in [3.63, 3.8) is 0 Å². The van der Waals surface area contributed by atoms with Gasteiger partial charge >= 0.3 is 0 Å². The number of rotatable bonds is 6. The third-order valence-corrected chi connectivity index (χ3v) is 4.49. The van der Waals surface area contributed by atoms with Crippen molar-refractivity contribution in [2.75, 3.05) is 0 Å². The molecule has 130 valence electrons. The van der Waals surface area contributed by atoms with Crippen LogP contribution in [0, 0.1) is 13.8 Å². The van der Waals surface area contributed by atoms with Gasteiger partial charge in [-0.3, -0.25) is 9.59 Å². The molecule has 0 saturated carbocycles. The zero-order valence-corrected chi connectivity index (χ0v) is 15.1. The Morgan fingerprint density at radius 3 is 1.38 bits per heavy atom. The number of Topliss-reactive ketones (excluding diaryl/α,β-unsaturated/α-hetero) is 2. The summed E-state index contributed by atoms with van der Waals surface area (Å²) in [7, 11) is 0. The van der Waals surface area contributed by atoms with E-state index in [0.29, 0.717) is 24.2 Å². The molecule has 0 amide bonds. The molecular formula is C22H22N2O2+2. The zero-order chi connectivity index (χ0) is 18.5. The van der Waals surface area contributed by atoms with E-state index in [4.69, 9.17) is 0 Å². The average molecular weight is 346 g/mol. The normalized spacial score (nSPS) is 10.5. The lowest BCUT2D eigenvalue weighted by Gasteiger charge is -2.03. The first kappa shape index (κ1) is 17.7. The SMILES string of the molecule is Cc1cccc[n+]1CC(=O)c1ccc(C(=O)C[n+]2ccccc2C)cc1. The minimum absolute atomic E-state index is 0.0246. The van der Waals surface area contributed by atoms with Gasteiger partial charge in [-0.05, 0) is 0 Å². The molecule has 0 fully saturated rings. The predicted molar refractivity (Wildman–Crippen MR) is 97.9 cm³/mol. The number of hydrogen-bond acceptors (Lipinski definition) is 2. The number of aromatic nitrogens is 2. The van der Waals surface area contributed by atoms with Crippen LogP contribution in [0.1, 0.15) is 32.1 Å². The van der Waals surface area contributed by atoms with Crippen molar-refractivity contribution in [1.82, 2.24) is 0 Å². The van der Waals surface area contributed by atoms with Crippen LogP contribution in [0.2, 0.25) is 0 Å². The molecule has 0 aliphatic rings. The number of aryl methyl sites for hydroxylation is 2. The Kier molecular flexibility index (Phi) is 5.32. The lowest BCUT2D eigenvalue weighted by molar-refractivity contribution is -0.689. The molecule has 0 unspecified atom stereocenters. The lowest BCUT2D eigenvalue weighted by Crippen LogP contribution is -2.40. The largest absolute Gasteiger partial charge is 0.287 e. The third-order valence-electron chi connectivity index (χ3n) is 4.49. The number of benzene rings is 1. The van der Waals surface area contributed by atoms with Crippen molar-refractivity contribution in [3.8, 4) is 0 Å². The summed E-state index contributed by atoms with van der Waals surface area (Å²) in [5.74, 6) is 0.0492. The van der Waals surface area contributed by atoms with E-state index in [9.17, 15) is 9.59 Å². The van der Waals surface area contributed by atoms with E-state index < -0.39 is 0 Å². The summed E-state index contributed by atoms with van der Waals surface area (Å²) in [5, 5.41) is 0. The summed E-state index contributed by atoms with van der Waals surface area (Å²) in [5.41, 5.74) is 3.28. The van der Waals surface area contributed by atoms with Gasteiger partial charge in [-0.2, -0.15) is 9.13 Å². The summed E-state index contributed by atoms with van der Waals surface area (Å²) >= 11 is 0. The summed E-state index contributed by atoms with van der Waals surface area (Å²) in [6.07, 6.45) is 3.79. The van der Waals surface area contributed by atoms with E-state index in [1.807, 2.05) is 71.8 Å². The summed E-state index contributed by atoms with van der Waals surface area (Å²) in [6.45, 7) is 4.52. The Hall–Kier alpha value is -3.14. The molecule has 0 aliphatic heterocycles. The van der Waals surface area contributed by atoms with E-state index >= 15 is 0 Å². The fourth-order valence-electron chi connectivity index (χ4n) is 2.81. The maximum absolute atomic E-state index is 12.5. The molecule has 0 radical (unpaired) electrons. The summed E-state index contributed by atoms with van der Waals surface area (Å²) < 4.78 is 3.83. The third kappa shape index (κ3) is 4.09. The Balaban J connectivity index is 1.70. The van der Waals surface area contributed by atoms with Crippen molar-refractivity contribution < 1.29 is 18.7 Å².